The average Bonchev–Trinajstić information content (AvgIpc) is 3.33. The van der Waals surface area contributed by atoms with Crippen LogP contribution in [0.3, 0.4) is 0 Å². The van der Waals surface area contributed by atoms with Gasteiger partial charge in [-0.15, -0.1) is 11.3 Å². The molecule has 132 valence electrons. The molecular formula is C17H21N5O2S. The highest BCUT2D eigenvalue weighted by atomic mass is 32.1. The first-order valence-corrected chi connectivity index (χ1v) is 9.49. The number of ether oxygens (including phenoxy) is 1. The predicted molar refractivity (Wildman–Crippen MR) is 94.9 cm³/mol. The van der Waals surface area contributed by atoms with E-state index in [2.05, 4.69) is 14.9 Å². The SMILES string of the molecule is Cc1ncsc1C(=O)N1CCO[C@@H](c2ccnc(N3CCCC3)n2)C1. The van der Waals surface area contributed by atoms with Crippen molar-refractivity contribution in [2.24, 2.45) is 0 Å². The van der Waals surface area contributed by atoms with Crippen LogP contribution in [0.2, 0.25) is 0 Å². The summed E-state index contributed by atoms with van der Waals surface area (Å²) < 4.78 is 5.89. The standard InChI is InChI=1S/C17H21N5O2S/c1-12-15(25-11-19-12)16(23)22-8-9-24-14(10-22)13-4-5-18-17(20-13)21-6-2-3-7-21/h4-5,11,14H,2-3,6-10H2,1H3/t14-/m1/s1. The van der Waals surface area contributed by atoms with E-state index < -0.39 is 0 Å². The number of anilines is 1. The second-order valence-electron chi connectivity index (χ2n) is 6.35. The normalized spacial score (nSPS) is 20.9. The first kappa shape index (κ1) is 16.4. The highest BCUT2D eigenvalue weighted by molar-refractivity contribution is 7.11. The van der Waals surface area contributed by atoms with Crippen LogP contribution in [-0.2, 0) is 4.74 Å². The lowest BCUT2D eigenvalue weighted by atomic mass is 10.2. The molecule has 4 heterocycles. The van der Waals surface area contributed by atoms with Crippen molar-refractivity contribution in [3.05, 3.63) is 34.0 Å². The summed E-state index contributed by atoms with van der Waals surface area (Å²) in [4.78, 5) is 30.8. The second-order valence-corrected chi connectivity index (χ2v) is 7.21. The van der Waals surface area contributed by atoms with Gasteiger partial charge in [0.2, 0.25) is 5.95 Å². The van der Waals surface area contributed by atoms with Crippen molar-refractivity contribution in [3.8, 4) is 0 Å². The Kier molecular flexibility index (Phi) is 4.63. The second kappa shape index (κ2) is 7.05. The van der Waals surface area contributed by atoms with E-state index in [1.165, 1.54) is 24.2 Å². The van der Waals surface area contributed by atoms with Crippen molar-refractivity contribution in [2.75, 3.05) is 37.7 Å². The third-order valence-electron chi connectivity index (χ3n) is 4.68. The zero-order chi connectivity index (χ0) is 17.2. The molecule has 0 aliphatic carbocycles. The van der Waals surface area contributed by atoms with Crippen molar-refractivity contribution >= 4 is 23.2 Å². The molecule has 2 aliphatic rings. The smallest absolute Gasteiger partial charge is 0.266 e. The van der Waals surface area contributed by atoms with Gasteiger partial charge in [-0.05, 0) is 25.8 Å². The molecule has 2 aromatic rings. The predicted octanol–water partition coefficient (Wildman–Crippen LogP) is 2.06. The third-order valence-corrected chi connectivity index (χ3v) is 5.59. The molecule has 4 rings (SSSR count). The third kappa shape index (κ3) is 3.36. The van der Waals surface area contributed by atoms with Crippen LogP contribution in [0.15, 0.2) is 17.8 Å². The summed E-state index contributed by atoms with van der Waals surface area (Å²) >= 11 is 1.39. The van der Waals surface area contributed by atoms with Gasteiger partial charge in [0.25, 0.3) is 5.91 Å². The number of hydrogen-bond acceptors (Lipinski definition) is 7. The average molecular weight is 359 g/mol. The summed E-state index contributed by atoms with van der Waals surface area (Å²) in [6, 6.07) is 1.89. The summed E-state index contributed by atoms with van der Waals surface area (Å²) in [7, 11) is 0. The Labute approximate surface area is 150 Å². The van der Waals surface area contributed by atoms with E-state index in [-0.39, 0.29) is 12.0 Å². The van der Waals surface area contributed by atoms with Crippen LogP contribution < -0.4 is 4.90 Å². The molecule has 2 fully saturated rings. The van der Waals surface area contributed by atoms with Gasteiger partial charge in [0.05, 0.1) is 30.1 Å². The van der Waals surface area contributed by atoms with E-state index in [1.807, 2.05) is 17.9 Å². The van der Waals surface area contributed by atoms with Gasteiger partial charge in [-0.1, -0.05) is 0 Å². The van der Waals surface area contributed by atoms with Gasteiger partial charge in [0.1, 0.15) is 11.0 Å². The molecule has 0 bridgehead atoms. The van der Waals surface area contributed by atoms with Crippen LogP contribution in [0.25, 0.3) is 0 Å². The van der Waals surface area contributed by atoms with Gasteiger partial charge in [-0.3, -0.25) is 4.79 Å². The maximum absolute atomic E-state index is 12.7. The fourth-order valence-corrected chi connectivity index (χ4v) is 4.04. The number of nitrogens with zero attached hydrogens (tertiary/aromatic N) is 5. The summed E-state index contributed by atoms with van der Waals surface area (Å²) in [5.74, 6) is 0.794. The lowest BCUT2D eigenvalue weighted by Gasteiger charge is -2.32. The highest BCUT2D eigenvalue weighted by Gasteiger charge is 2.29. The van der Waals surface area contributed by atoms with Crippen molar-refractivity contribution < 1.29 is 9.53 Å². The first-order valence-electron chi connectivity index (χ1n) is 8.61. The molecule has 1 atom stereocenters. The molecule has 7 nitrogen and oxygen atoms in total. The van der Waals surface area contributed by atoms with E-state index in [1.54, 1.807) is 11.7 Å². The molecule has 0 aromatic carbocycles. The molecule has 1 amide bonds. The highest BCUT2D eigenvalue weighted by Crippen LogP contribution is 2.25. The maximum atomic E-state index is 12.7. The van der Waals surface area contributed by atoms with Gasteiger partial charge in [-0.25, -0.2) is 15.0 Å². The number of hydrogen-bond donors (Lipinski definition) is 0. The van der Waals surface area contributed by atoms with Crippen LogP contribution in [0.5, 0.6) is 0 Å². The number of rotatable bonds is 3. The van der Waals surface area contributed by atoms with E-state index in [9.17, 15) is 4.79 Å². The van der Waals surface area contributed by atoms with E-state index >= 15 is 0 Å². The lowest BCUT2D eigenvalue weighted by molar-refractivity contribution is -0.0246. The fourth-order valence-electron chi connectivity index (χ4n) is 3.27. The van der Waals surface area contributed by atoms with Crippen LogP contribution >= 0.6 is 11.3 Å². The Morgan fingerprint density at radius 3 is 2.88 bits per heavy atom. The largest absolute Gasteiger partial charge is 0.368 e. The Morgan fingerprint density at radius 2 is 2.12 bits per heavy atom. The van der Waals surface area contributed by atoms with Crippen molar-refractivity contribution in [1.29, 1.82) is 0 Å². The molecule has 0 unspecified atom stereocenters. The molecule has 0 spiro atoms. The van der Waals surface area contributed by atoms with Gasteiger partial charge in [0, 0.05) is 25.8 Å². The van der Waals surface area contributed by atoms with Crippen LogP contribution in [0.1, 0.15) is 40.0 Å². The molecule has 0 N–H and O–H groups in total. The quantitative estimate of drug-likeness (QED) is 0.835. The van der Waals surface area contributed by atoms with Crippen molar-refractivity contribution in [1.82, 2.24) is 19.9 Å². The Hall–Kier alpha value is -2.06. The van der Waals surface area contributed by atoms with Gasteiger partial charge in [-0.2, -0.15) is 0 Å². The van der Waals surface area contributed by atoms with Crippen LogP contribution in [0, 0.1) is 6.92 Å². The number of amides is 1. The van der Waals surface area contributed by atoms with Gasteiger partial charge < -0.3 is 14.5 Å². The van der Waals surface area contributed by atoms with Crippen molar-refractivity contribution in [2.45, 2.75) is 25.9 Å². The molecule has 0 saturated carbocycles. The number of carbonyl (C=O) groups excluding carboxylic acids is 1. The van der Waals surface area contributed by atoms with Gasteiger partial charge >= 0.3 is 0 Å². The van der Waals surface area contributed by atoms with Crippen molar-refractivity contribution in [3.63, 3.8) is 0 Å². The zero-order valence-corrected chi connectivity index (χ0v) is 15.0. The molecule has 2 aliphatic heterocycles. The van der Waals surface area contributed by atoms with Crippen LogP contribution in [0.4, 0.5) is 5.95 Å². The summed E-state index contributed by atoms with van der Waals surface area (Å²) in [6.45, 7) is 5.49. The molecular weight excluding hydrogens is 338 g/mol. The summed E-state index contributed by atoms with van der Waals surface area (Å²) in [6.07, 6.45) is 3.94. The first-order chi connectivity index (χ1) is 12.2. The van der Waals surface area contributed by atoms with Crippen LogP contribution in [-0.4, -0.2) is 58.5 Å². The Balaban J connectivity index is 1.50. The molecule has 2 aromatic heterocycles. The summed E-state index contributed by atoms with van der Waals surface area (Å²) in [5.41, 5.74) is 3.35. The minimum absolute atomic E-state index is 0.0297. The lowest BCUT2D eigenvalue weighted by Crippen LogP contribution is -2.42. The fraction of sp³-hybridized carbons (Fsp3) is 0.529. The molecule has 25 heavy (non-hydrogen) atoms. The number of morpholine rings is 1. The molecule has 0 radical (unpaired) electrons. The van der Waals surface area contributed by atoms with E-state index in [0.717, 1.165) is 30.4 Å². The Morgan fingerprint density at radius 1 is 1.28 bits per heavy atom. The Bertz CT molecular complexity index is 759. The molecule has 8 heteroatoms. The minimum atomic E-state index is -0.213. The number of thiazole rings is 1. The molecule has 2 saturated heterocycles. The number of aromatic nitrogens is 3. The zero-order valence-electron chi connectivity index (χ0n) is 14.2. The number of carbonyl (C=O) groups is 1. The van der Waals surface area contributed by atoms with Gasteiger partial charge in [0.15, 0.2) is 0 Å². The monoisotopic (exact) mass is 359 g/mol. The minimum Gasteiger partial charge on any atom is -0.368 e. The maximum Gasteiger partial charge on any atom is 0.266 e. The van der Waals surface area contributed by atoms with E-state index in [4.69, 9.17) is 9.72 Å². The van der Waals surface area contributed by atoms with E-state index in [0.29, 0.717) is 24.6 Å². The summed E-state index contributed by atoms with van der Waals surface area (Å²) in [5, 5.41) is 0. The number of aryl methyl sites for hydroxylation is 1. The topological polar surface area (TPSA) is 71.5 Å².